The summed E-state index contributed by atoms with van der Waals surface area (Å²) in [4.78, 5) is 0. The van der Waals surface area contributed by atoms with Crippen molar-refractivity contribution >= 4 is 11.1 Å². The molecule has 0 amide bonds. The van der Waals surface area contributed by atoms with Crippen LogP contribution >= 0.6 is 0 Å². The van der Waals surface area contributed by atoms with E-state index in [4.69, 9.17) is 0 Å². The van der Waals surface area contributed by atoms with Crippen LogP contribution in [0.15, 0.2) is 103 Å². The number of hydrogen-bond donors (Lipinski definition) is 0. The van der Waals surface area contributed by atoms with Gasteiger partial charge in [0.1, 0.15) is 0 Å². The Morgan fingerprint density at radius 2 is 0.913 bits per heavy atom. The first kappa shape index (κ1) is 15.1. The van der Waals surface area contributed by atoms with Crippen molar-refractivity contribution in [3.63, 3.8) is 0 Å². The minimum absolute atomic E-state index is 1.23. The zero-order valence-corrected chi connectivity index (χ0v) is 13.3. The fourth-order valence-corrected chi connectivity index (χ4v) is 2.60. The molecule has 0 radical (unpaired) electrons. The van der Waals surface area contributed by atoms with E-state index in [0.29, 0.717) is 0 Å². The van der Waals surface area contributed by atoms with Crippen LogP contribution < -0.4 is 0 Å². The van der Waals surface area contributed by atoms with E-state index in [1.807, 2.05) is 6.07 Å². The minimum atomic E-state index is 1.23. The van der Waals surface area contributed by atoms with Crippen LogP contribution in [-0.4, -0.2) is 0 Å². The van der Waals surface area contributed by atoms with Gasteiger partial charge in [0, 0.05) is 0 Å². The molecular weight excluding hydrogens is 276 g/mol. The summed E-state index contributed by atoms with van der Waals surface area (Å²) in [5.74, 6) is 0. The van der Waals surface area contributed by atoms with Crippen LogP contribution in [0.4, 0.5) is 0 Å². The summed E-state index contributed by atoms with van der Waals surface area (Å²) < 4.78 is 0. The van der Waals surface area contributed by atoms with Gasteiger partial charge >= 0.3 is 0 Å². The van der Waals surface area contributed by atoms with Crippen LogP contribution in [0.25, 0.3) is 11.1 Å². The smallest absolute Gasteiger partial charge is 0.0111 e. The second kappa shape index (κ2) is 7.42. The molecule has 0 heteroatoms. The molecule has 0 aliphatic rings. The maximum absolute atomic E-state index is 2.22. The number of allylic oxidation sites excluding steroid dienone is 3. The van der Waals surface area contributed by atoms with Gasteiger partial charge in [0.15, 0.2) is 0 Å². The lowest BCUT2D eigenvalue weighted by Crippen LogP contribution is -1.87. The molecule has 0 spiro atoms. The SMILES string of the molecule is C/C(=C\C=C(c1ccccc1)c1ccccc1)c1ccccc1. The molecule has 0 unspecified atom stereocenters. The van der Waals surface area contributed by atoms with Crippen molar-refractivity contribution in [3.8, 4) is 0 Å². The summed E-state index contributed by atoms with van der Waals surface area (Å²) in [5.41, 5.74) is 6.22. The fraction of sp³-hybridized carbons (Fsp3) is 0.0435. The average molecular weight is 296 g/mol. The van der Waals surface area contributed by atoms with Gasteiger partial charge < -0.3 is 0 Å². The molecule has 0 saturated heterocycles. The van der Waals surface area contributed by atoms with Crippen LogP contribution in [0.3, 0.4) is 0 Å². The summed E-state index contributed by atoms with van der Waals surface area (Å²) in [6.07, 6.45) is 4.41. The second-order valence-corrected chi connectivity index (χ2v) is 5.53. The Balaban J connectivity index is 2.02. The Kier molecular flexibility index (Phi) is 4.85. The topological polar surface area (TPSA) is 0 Å². The molecule has 0 atom stereocenters. The van der Waals surface area contributed by atoms with E-state index in [1.165, 1.54) is 27.8 Å². The van der Waals surface area contributed by atoms with E-state index in [9.17, 15) is 0 Å². The predicted molar refractivity (Wildman–Crippen MR) is 100 cm³/mol. The van der Waals surface area contributed by atoms with Gasteiger partial charge in [-0.25, -0.2) is 0 Å². The van der Waals surface area contributed by atoms with E-state index in [2.05, 4.69) is 104 Å². The lowest BCUT2D eigenvalue weighted by Gasteiger charge is -2.08. The highest BCUT2D eigenvalue weighted by Gasteiger charge is 2.03. The number of rotatable bonds is 4. The highest BCUT2D eigenvalue weighted by molar-refractivity contribution is 5.82. The molecule has 0 aromatic heterocycles. The third-order valence-corrected chi connectivity index (χ3v) is 3.90. The minimum Gasteiger partial charge on any atom is -0.0622 e. The Bertz CT molecular complexity index is 753. The van der Waals surface area contributed by atoms with Crippen molar-refractivity contribution in [1.82, 2.24) is 0 Å². The van der Waals surface area contributed by atoms with Crippen molar-refractivity contribution < 1.29 is 0 Å². The van der Waals surface area contributed by atoms with E-state index in [1.54, 1.807) is 0 Å². The predicted octanol–water partition coefficient (Wildman–Crippen LogP) is 6.22. The monoisotopic (exact) mass is 296 g/mol. The molecule has 0 nitrogen and oxygen atoms in total. The molecule has 3 aromatic rings. The third-order valence-electron chi connectivity index (χ3n) is 3.90. The molecule has 0 aliphatic heterocycles. The van der Waals surface area contributed by atoms with Crippen molar-refractivity contribution in [3.05, 3.63) is 120 Å². The Labute approximate surface area is 138 Å². The Morgan fingerprint density at radius 1 is 0.522 bits per heavy atom. The normalized spacial score (nSPS) is 11.1. The summed E-state index contributed by atoms with van der Waals surface area (Å²) in [7, 11) is 0. The van der Waals surface area contributed by atoms with Gasteiger partial charge in [0.25, 0.3) is 0 Å². The summed E-state index contributed by atoms with van der Waals surface area (Å²) in [6, 6.07) is 31.6. The first-order valence-electron chi connectivity index (χ1n) is 7.89. The standard InChI is InChI=1S/C23H20/c1-19(20-11-5-2-6-12-20)17-18-23(21-13-7-3-8-14-21)22-15-9-4-10-16-22/h2-18H,1H3/b19-17+. The van der Waals surface area contributed by atoms with Gasteiger partial charge in [-0.05, 0) is 34.8 Å². The van der Waals surface area contributed by atoms with E-state index in [0.717, 1.165) is 0 Å². The zero-order valence-electron chi connectivity index (χ0n) is 13.3. The molecule has 0 heterocycles. The van der Waals surface area contributed by atoms with Crippen LogP contribution in [0.2, 0.25) is 0 Å². The van der Waals surface area contributed by atoms with E-state index < -0.39 is 0 Å². The highest BCUT2D eigenvalue weighted by atomic mass is 14.1. The van der Waals surface area contributed by atoms with Crippen LogP contribution in [0.1, 0.15) is 23.6 Å². The van der Waals surface area contributed by atoms with E-state index in [-0.39, 0.29) is 0 Å². The lowest BCUT2D eigenvalue weighted by atomic mass is 9.96. The third kappa shape index (κ3) is 3.87. The van der Waals surface area contributed by atoms with Crippen LogP contribution in [0.5, 0.6) is 0 Å². The van der Waals surface area contributed by atoms with Gasteiger partial charge in [0.2, 0.25) is 0 Å². The Hall–Kier alpha value is -2.86. The molecular formula is C23H20. The van der Waals surface area contributed by atoms with Gasteiger partial charge in [-0.2, -0.15) is 0 Å². The zero-order chi connectivity index (χ0) is 15.9. The number of hydrogen-bond acceptors (Lipinski definition) is 0. The first-order valence-corrected chi connectivity index (χ1v) is 7.89. The van der Waals surface area contributed by atoms with Gasteiger partial charge in [-0.1, -0.05) is 103 Å². The van der Waals surface area contributed by atoms with Gasteiger partial charge in [-0.15, -0.1) is 0 Å². The Morgan fingerprint density at radius 3 is 1.35 bits per heavy atom. The second-order valence-electron chi connectivity index (χ2n) is 5.53. The quantitative estimate of drug-likeness (QED) is 0.501. The number of benzene rings is 3. The summed E-state index contributed by atoms with van der Waals surface area (Å²) in [5, 5.41) is 0. The molecule has 0 aliphatic carbocycles. The van der Waals surface area contributed by atoms with Gasteiger partial charge in [0.05, 0.1) is 0 Å². The van der Waals surface area contributed by atoms with Crippen molar-refractivity contribution in [2.45, 2.75) is 6.92 Å². The van der Waals surface area contributed by atoms with Crippen molar-refractivity contribution in [2.75, 3.05) is 0 Å². The van der Waals surface area contributed by atoms with Crippen LogP contribution in [0, 0.1) is 0 Å². The maximum Gasteiger partial charge on any atom is -0.0111 e. The maximum atomic E-state index is 2.22. The van der Waals surface area contributed by atoms with Crippen molar-refractivity contribution in [2.24, 2.45) is 0 Å². The molecule has 112 valence electrons. The fourth-order valence-electron chi connectivity index (χ4n) is 2.60. The highest BCUT2D eigenvalue weighted by Crippen LogP contribution is 2.24. The average Bonchev–Trinajstić information content (AvgIpc) is 2.64. The molecule has 3 rings (SSSR count). The summed E-state index contributed by atoms with van der Waals surface area (Å²) in [6.45, 7) is 2.15. The molecule has 0 saturated carbocycles. The molecule has 0 bridgehead atoms. The molecule has 0 N–H and O–H groups in total. The van der Waals surface area contributed by atoms with Gasteiger partial charge in [-0.3, -0.25) is 0 Å². The van der Waals surface area contributed by atoms with E-state index >= 15 is 0 Å². The molecule has 23 heavy (non-hydrogen) atoms. The first-order chi connectivity index (χ1) is 11.3. The summed E-state index contributed by atoms with van der Waals surface area (Å²) >= 11 is 0. The van der Waals surface area contributed by atoms with Crippen molar-refractivity contribution in [1.29, 1.82) is 0 Å². The van der Waals surface area contributed by atoms with Crippen LogP contribution in [-0.2, 0) is 0 Å². The largest absolute Gasteiger partial charge is 0.0622 e. The molecule has 0 fully saturated rings. The molecule has 3 aromatic carbocycles. The lowest BCUT2D eigenvalue weighted by molar-refractivity contribution is 1.53.